The molecule has 0 radical (unpaired) electrons. The van der Waals surface area contributed by atoms with Gasteiger partial charge in [-0.2, -0.15) is 0 Å². The summed E-state index contributed by atoms with van der Waals surface area (Å²) in [6.45, 7) is 2.28. The monoisotopic (exact) mass is 288 g/mol. The van der Waals surface area contributed by atoms with E-state index in [0.717, 1.165) is 11.2 Å². The van der Waals surface area contributed by atoms with Gasteiger partial charge in [0.05, 0.1) is 11.7 Å². The Kier molecular flexibility index (Phi) is 4.72. The Balaban J connectivity index is 1.79. The smallest absolute Gasteiger partial charge is 0.0687 e. The lowest BCUT2D eigenvalue weighted by atomic mass is 9.95. The average molecular weight is 289 g/mol. The van der Waals surface area contributed by atoms with Gasteiger partial charge in [-0.15, -0.1) is 0 Å². The molecule has 1 aliphatic heterocycles. The molecule has 0 amide bonds. The number of rotatable bonds is 5. The molecular weight excluding hydrogens is 264 g/mol. The molecule has 0 aromatic rings. The zero-order valence-corrected chi connectivity index (χ0v) is 12.1. The van der Waals surface area contributed by atoms with E-state index in [1.807, 2.05) is 0 Å². The zero-order chi connectivity index (χ0) is 11.4. The maximum Gasteiger partial charge on any atom is 0.0687 e. The molecule has 0 aromatic heterocycles. The van der Waals surface area contributed by atoms with Crippen molar-refractivity contribution in [2.45, 2.75) is 76.4 Å². The summed E-state index contributed by atoms with van der Waals surface area (Å²) in [6, 6.07) is 0. The Morgan fingerprint density at radius 1 is 1.31 bits per heavy atom. The minimum absolute atomic E-state index is 0.327. The van der Waals surface area contributed by atoms with Crippen molar-refractivity contribution >= 4 is 15.9 Å². The molecule has 1 saturated heterocycles. The van der Waals surface area contributed by atoms with E-state index < -0.39 is 0 Å². The molecule has 2 atom stereocenters. The maximum atomic E-state index is 6.37. The first-order valence-corrected chi connectivity index (χ1v) is 8.14. The molecule has 2 aliphatic rings. The largest absolute Gasteiger partial charge is 0.372 e. The molecule has 0 bridgehead atoms. The zero-order valence-electron chi connectivity index (χ0n) is 10.5. The third-order valence-electron chi connectivity index (χ3n) is 4.36. The Morgan fingerprint density at radius 3 is 2.69 bits per heavy atom. The SMILES string of the molecule is CCCC(CBr)CC1CCC2(CCCC2)O1. The second kappa shape index (κ2) is 5.86. The van der Waals surface area contributed by atoms with Crippen LogP contribution in [0, 0.1) is 5.92 Å². The summed E-state index contributed by atoms with van der Waals surface area (Å²) in [5, 5.41) is 1.15. The van der Waals surface area contributed by atoms with Gasteiger partial charge < -0.3 is 4.74 Å². The van der Waals surface area contributed by atoms with Gasteiger partial charge in [-0.05, 0) is 44.4 Å². The number of halogens is 1. The molecule has 94 valence electrons. The number of hydrogen-bond donors (Lipinski definition) is 0. The quantitative estimate of drug-likeness (QED) is 0.668. The van der Waals surface area contributed by atoms with Gasteiger partial charge in [0, 0.05) is 5.33 Å². The highest BCUT2D eigenvalue weighted by Crippen LogP contribution is 2.44. The fraction of sp³-hybridized carbons (Fsp3) is 1.00. The van der Waals surface area contributed by atoms with Crippen LogP contribution in [0.15, 0.2) is 0 Å². The van der Waals surface area contributed by atoms with Gasteiger partial charge in [0.1, 0.15) is 0 Å². The molecule has 1 aliphatic carbocycles. The van der Waals surface area contributed by atoms with Crippen LogP contribution in [0.1, 0.15) is 64.7 Å². The van der Waals surface area contributed by atoms with Crippen LogP contribution in [0.25, 0.3) is 0 Å². The van der Waals surface area contributed by atoms with E-state index in [1.54, 1.807) is 0 Å². The summed E-state index contributed by atoms with van der Waals surface area (Å²) in [5.41, 5.74) is 0.327. The summed E-state index contributed by atoms with van der Waals surface area (Å²) in [5.74, 6) is 0.826. The Hall–Kier alpha value is 0.440. The third-order valence-corrected chi connectivity index (χ3v) is 5.28. The van der Waals surface area contributed by atoms with Crippen molar-refractivity contribution in [3.63, 3.8) is 0 Å². The molecule has 1 nitrogen and oxygen atoms in total. The first kappa shape index (κ1) is 12.9. The van der Waals surface area contributed by atoms with E-state index in [-0.39, 0.29) is 0 Å². The molecule has 1 saturated carbocycles. The van der Waals surface area contributed by atoms with Crippen molar-refractivity contribution in [1.82, 2.24) is 0 Å². The Labute approximate surface area is 108 Å². The lowest BCUT2D eigenvalue weighted by Crippen LogP contribution is -2.25. The van der Waals surface area contributed by atoms with Crippen LogP contribution in [-0.2, 0) is 4.74 Å². The van der Waals surface area contributed by atoms with Crippen LogP contribution in [0.3, 0.4) is 0 Å². The van der Waals surface area contributed by atoms with Crippen molar-refractivity contribution in [3.8, 4) is 0 Å². The first-order valence-electron chi connectivity index (χ1n) is 7.02. The van der Waals surface area contributed by atoms with Gasteiger partial charge in [0.15, 0.2) is 0 Å². The van der Waals surface area contributed by atoms with E-state index >= 15 is 0 Å². The van der Waals surface area contributed by atoms with Crippen molar-refractivity contribution < 1.29 is 4.74 Å². The summed E-state index contributed by atoms with van der Waals surface area (Å²) < 4.78 is 6.37. The summed E-state index contributed by atoms with van der Waals surface area (Å²) in [7, 11) is 0. The van der Waals surface area contributed by atoms with Crippen LogP contribution in [-0.4, -0.2) is 17.0 Å². The number of ether oxygens (including phenoxy) is 1. The molecule has 16 heavy (non-hydrogen) atoms. The Bertz CT molecular complexity index is 211. The molecule has 0 N–H and O–H groups in total. The summed E-state index contributed by atoms with van der Waals surface area (Å²) >= 11 is 3.64. The van der Waals surface area contributed by atoms with Gasteiger partial charge in [-0.3, -0.25) is 0 Å². The van der Waals surface area contributed by atoms with Crippen molar-refractivity contribution in [2.24, 2.45) is 5.92 Å². The highest BCUT2D eigenvalue weighted by Gasteiger charge is 2.42. The maximum absolute atomic E-state index is 6.37. The van der Waals surface area contributed by atoms with Crippen LogP contribution in [0.5, 0.6) is 0 Å². The predicted octanol–water partition coefficient (Wildman–Crippen LogP) is 4.68. The van der Waals surface area contributed by atoms with Crippen LogP contribution in [0.4, 0.5) is 0 Å². The molecule has 2 unspecified atom stereocenters. The molecule has 0 aromatic carbocycles. The molecule has 1 heterocycles. The predicted molar refractivity (Wildman–Crippen MR) is 72.1 cm³/mol. The number of alkyl halides is 1. The summed E-state index contributed by atoms with van der Waals surface area (Å²) in [6.07, 6.45) is 12.6. The van der Waals surface area contributed by atoms with Crippen LogP contribution < -0.4 is 0 Å². The van der Waals surface area contributed by atoms with E-state index in [0.29, 0.717) is 11.7 Å². The molecule has 2 heteroatoms. The summed E-state index contributed by atoms with van der Waals surface area (Å²) in [4.78, 5) is 0. The highest BCUT2D eigenvalue weighted by molar-refractivity contribution is 9.09. The van der Waals surface area contributed by atoms with Crippen LogP contribution in [0.2, 0.25) is 0 Å². The molecule has 2 fully saturated rings. The lowest BCUT2D eigenvalue weighted by Gasteiger charge is -2.25. The fourth-order valence-electron chi connectivity index (χ4n) is 3.49. The fourth-order valence-corrected chi connectivity index (χ4v) is 4.07. The number of hydrogen-bond acceptors (Lipinski definition) is 1. The second-order valence-corrected chi connectivity index (χ2v) is 6.36. The first-order chi connectivity index (χ1) is 7.78. The van der Waals surface area contributed by atoms with Gasteiger partial charge in [0.2, 0.25) is 0 Å². The molecular formula is C14H25BrO. The normalized spacial score (nSPS) is 30.0. The van der Waals surface area contributed by atoms with Crippen molar-refractivity contribution in [2.75, 3.05) is 5.33 Å². The van der Waals surface area contributed by atoms with Gasteiger partial charge in [0.25, 0.3) is 0 Å². The molecule has 1 spiro atoms. The standard InChI is InChI=1S/C14H25BrO/c1-2-5-12(11-15)10-13-6-9-14(16-13)7-3-4-8-14/h12-13H,2-11H2,1H3. The van der Waals surface area contributed by atoms with E-state index in [4.69, 9.17) is 4.74 Å². The Morgan fingerprint density at radius 2 is 2.06 bits per heavy atom. The van der Waals surface area contributed by atoms with E-state index in [9.17, 15) is 0 Å². The van der Waals surface area contributed by atoms with Gasteiger partial charge in [-0.25, -0.2) is 0 Å². The third kappa shape index (κ3) is 3.01. The lowest BCUT2D eigenvalue weighted by molar-refractivity contribution is -0.0435. The van der Waals surface area contributed by atoms with Gasteiger partial charge >= 0.3 is 0 Å². The average Bonchev–Trinajstić information content (AvgIpc) is 2.90. The minimum Gasteiger partial charge on any atom is -0.372 e. The van der Waals surface area contributed by atoms with E-state index in [1.165, 1.54) is 57.8 Å². The van der Waals surface area contributed by atoms with E-state index in [2.05, 4.69) is 22.9 Å². The molecule has 2 rings (SSSR count). The second-order valence-electron chi connectivity index (χ2n) is 5.71. The van der Waals surface area contributed by atoms with Crippen molar-refractivity contribution in [1.29, 1.82) is 0 Å². The van der Waals surface area contributed by atoms with Gasteiger partial charge in [-0.1, -0.05) is 42.1 Å². The minimum atomic E-state index is 0.327. The highest BCUT2D eigenvalue weighted by atomic mass is 79.9. The topological polar surface area (TPSA) is 9.23 Å². The van der Waals surface area contributed by atoms with Crippen molar-refractivity contribution in [3.05, 3.63) is 0 Å². The van der Waals surface area contributed by atoms with Crippen LogP contribution >= 0.6 is 15.9 Å².